The van der Waals surface area contributed by atoms with Crippen LogP contribution in [-0.2, 0) is 0 Å². The lowest BCUT2D eigenvalue weighted by Crippen LogP contribution is -2.49. The summed E-state index contributed by atoms with van der Waals surface area (Å²) in [7, 11) is 0. The van der Waals surface area contributed by atoms with Crippen molar-refractivity contribution in [2.45, 2.75) is 6.36 Å². The molecule has 2 N–H and O–H groups in total. The Kier molecular flexibility index (Phi) is 5.91. The maximum Gasteiger partial charge on any atom is 0.573 e. The Morgan fingerprint density at radius 1 is 1.16 bits per heavy atom. The van der Waals surface area contributed by atoms with Crippen LogP contribution in [0.15, 0.2) is 55.2 Å². The van der Waals surface area contributed by atoms with Gasteiger partial charge in [0.2, 0.25) is 0 Å². The van der Waals surface area contributed by atoms with Crippen LogP contribution in [0.2, 0.25) is 0 Å². The normalized spacial score (nSPS) is 14.1. The fraction of sp³-hybridized carbons (Fsp3) is 0.238. The fourth-order valence-corrected chi connectivity index (χ4v) is 3.29. The van der Waals surface area contributed by atoms with Gasteiger partial charge in [-0.25, -0.2) is 15.0 Å². The minimum absolute atomic E-state index is 0.0908. The number of hydrogen-bond donors (Lipinski definition) is 2. The molecule has 1 fully saturated rings. The number of nitrogens with one attached hydrogen (secondary N) is 1. The zero-order valence-corrected chi connectivity index (χ0v) is 16.6. The van der Waals surface area contributed by atoms with Gasteiger partial charge < -0.3 is 20.1 Å². The Balaban J connectivity index is 1.55. The van der Waals surface area contributed by atoms with Gasteiger partial charge in [0.05, 0.1) is 5.56 Å². The molecular formula is C21H18F3N5O3. The van der Waals surface area contributed by atoms with Gasteiger partial charge in [0, 0.05) is 61.0 Å². The number of amides is 1. The van der Waals surface area contributed by atoms with Crippen molar-refractivity contribution in [1.82, 2.24) is 15.0 Å². The van der Waals surface area contributed by atoms with Crippen LogP contribution in [0.3, 0.4) is 0 Å². The molecule has 0 saturated carbocycles. The lowest BCUT2D eigenvalue weighted by atomic mass is 9.99. The van der Waals surface area contributed by atoms with Gasteiger partial charge in [-0.15, -0.1) is 13.2 Å². The van der Waals surface area contributed by atoms with Crippen molar-refractivity contribution in [1.29, 1.82) is 0 Å². The monoisotopic (exact) mass is 445 g/mol. The lowest BCUT2D eigenvalue weighted by molar-refractivity contribution is -0.274. The summed E-state index contributed by atoms with van der Waals surface area (Å²) in [4.78, 5) is 27.2. The maximum absolute atomic E-state index is 12.7. The van der Waals surface area contributed by atoms with Crippen LogP contribution in [-0.4, -0.2) is 52.0 Å². The summed E-state index contributed by atoms with van der Waals surface area (Å²) in [5.41, 5.74) is 1.88. The molecule has 1 aliphatic rings. The average Bonchev–Trinajstić information content (AvgIpc) is 2.74. The predicted octanol–water partition coefficient (Wildman–Crippen LogP) is 3.12. The van der Waals surface area contributed by atoms with E-state index in [9.17, 15) is 23.1 Å². The predicted molar refractivity (Wildman–Crippen MR) is 109 cm³/mol. The second-order valence-corrected chi connectivity index (χ2v) is 7.20. The lowest BCUT2D eigenvalue weighted by Gasteiger charge is -2.40. The number of benzene rings is 1. The van der Waals surface area contributed by atoms with Gasteiger partial charge >= 0.3 is 6.36 Å². The summed E-state index contributed by atoms with van der Waals surface area (Å²) in [5.74, 6) is -0.0502. The van der Waals surface area contributed by atoms with Crippen molar-refractivity contribution >= 4 is 17.4 Å². The molecule has 0 aliphatic carbocycles. The summed E-state index contributed by atoms with van der Waals surface area (Å²) >= 11 is 0. The highest BCUT2D eigenvalue weighted by Crippen LogP contribution is 2.33. The molecule has 32 heavy (non-hydrogen) atoms. The number of aliphatic hydroxyl groups is 1. The van der Waals surface area contributed by atoms with E-state index in [4.69, 9.17) is 0 Å². The van der Waals surface area contributed by atoms with E-state index in [0.29, 0.717) is 35.7 Å². The number of aliphatic hydroxyl groups excluding tert-OH is 1. The van der Waals surface area contributed by atoms with Crippen molar-refractivity contribution in [3.63, 3.8) is 0 Å². The number of carbonyl (C=O) groups excluding carboxylic acids is 1. The molecule has 0 unspecified atom stereocenters. The van der Waals surface area contributed by atoms with Gasteiger partial charge in [0.1, 0.15) is 17.9 Å². The van der Waals surface area contributed by atoms with E-state index in [1.165, 1.54) is 24.7 Å². The zero-order chi connectivity index (χ0) is 22.7. The Morgan fingerprint density at radius 2 is 1.84 bits per heavy atom. The molecule has 1 aromatic carbocycles. The molecule has 0 spiro atoms. The SMILES string of the molecule is O=C(Nc1ccc(OC(F)(F)F)cc1)c1cnc(N2CC(CO)C2)c(-c2cncnc2)c1. The molecule has 3 aromatic rings. The third-order valence-corrected chi connectivity index (χ3v) is 4.86. The molecule has 4 rings (SSSR count). The molecule has 2 aromatic heterocycles. The van der Waals surface area contributed by atoms with Crippen molar-refractivity contribution in [2.24, 2.45) is 5.92 Å². The first-order valence-electron chi connectivity index (χ1n) is 9.61. The van der Waals surface area contributed by atoms with Gasteiger partial charge in [-0.3, -0.25) is 4.79 Å². The number of nitrogens with zero attached hydrogens (tertiary/aromatic N) is 4. The summed E-state index contributed by atoms with van der Waals surface area (Å²) in [5, 5.41) is 11.9. The summed E-state index contributed by atoms with van der Waals surface area (Å²) < 4.78 is 40.7. The van der Waals surface area contributed by atoms with Gasteiger partial charge in [-0.1, -0.05) is 0 Å². The third-order valence-electron chi connectivity index (χ3n) is 4.86. The van der Waals surface area contributed by atoms with E-state index in [1.54, 1.807) is 18.5 Å². The smallest absolute Gasteiger partial charge is 0.406 e. The van der Waals surface area contributed by atoms with Crippen molar-refractivity contribution < 1.29 is 27.8 Å². The molecule has 8 nitrogen and oxygen atoms in total. The molecule has 3 heterocycles. The van der Waals surface area contributed by atoms with Crippen LogP contribution >= 0.6 is 0 Å². The number of hydrogen-bond acceptors (Lipinski definition) is 7. The van der Waals surface area contributed by atoms with Gasteiger partial charge in [-0.2, -0.15) is 0 Å². The summed E-state index contributed by atoms with van der Waals surface area (Å²) in [6.45, 7) is 1.37. The van der Waals surface area contributed by atoms with Crippen molar-refractivity contribution in [3.05, 3.63) is 60.8 Å². The van der Waals surface area contributed by atoms with Gasteiger partial charge in [0.15, 0.2) is 0 Å². The van der Waals surface area contributed by atoms with Crippen molar-refractivity contribution in [2.75, 3.05) is 29.9 Å². The summed E-state index contributed by atoms with van der Waals surface area (Å²) in [6, 6.07) is 6.49. The number of rotatable bonds is 6. The maximum atomic E-state index is 12.7. The van der Waals surface area contributed by atoms with E-state index in [2.05, 4.69) is 25.0 Å². The number of halogens is 3. The molecule has 166 valence electrons. The minimum Gasteiger partial charge on any atom is -0.406 e. The van der Waals surface area contributed by atoms with E-state index >= 15 is 0 Å². The number of carbonyl (C=O) groups is 1. The van der Waals surface area contributed by atoms with E-state index in [0.717, 1.165) is 12.1 Å². The second kappa shape index (κ2) is 8.79. The molecular weight excluding hydrogens is 427 g/mol. The molecule has 1 saturated heterocycles. The molecule has 0 radical (unpaired) electrons. The Morgan fingerprint density at radius 3 is 2.47 bits per heavy atom. The second-order valence-electron chi connectivity index (χ2n) is 7.20. The van der Waals surface area contributed by atoms with Gasteiger partial charge in [0.25, 0.3) is 5.91 Å². The Hall–Kier alpha value is -3.73. The van der Waals surface area contributed by atoms with Crippen molar-refractivity contribution in [3.8, 4) is 16.9 Å². The number of alkyl halides is 3. The first-order chi connectivity index (χ1) is 15.3. The average molecular weight is 445 g/mol. The molecule has 0 bridgehead atoms. The largest absolute Gasteiger partial charge is 0.573 e. The number of aromatic nitrogens is 3. The Labute approximate surface area is 180 Å². The highest BCUT2D eigenvalue weighted by Gasteiger charge is 2.31. The first-order valence-corrected chi connectivity index (χ1v) is 9.61. The quantitative estimate of drug-likeness (QED) is 0.601. The van der Waals surface area contributed by atoms with Gasteiger partial charge in [-0.05, 0) is 30.3 Å². The van der Waals surface area contributed by atoms with Crippen LogP contribution in [0.4, 0.5) is 24.7 Å². The van der Waals surface area contributed by atoms with Crippen LogP contribution in [0.25, 0.3) is 11.1 Å². The molecule has 0 atom stereocenters. The van der Waals surface area contributed by atoms with Crippen LogP contribution in [0.5, 0.6) is 5.75 Å². The highest BCUT2D eigenvalue weighted by atomic mass is 19.4. The first kappa shape index (κ1) is 21.5. The Bertz CT molecular complexity index is 1090. The fourth-order valence-electron chi connectivity index (χ4n) is 3.29. The third kappa shape index (κ3) is 4.94. The number of anilines is 2. The van der Waals surface area contributed by atoms with E-state index < -0.39 is 12.3 Å². The molecule has 11 heteroatoms. The number of ether oxygens (including phenoxy) is 1. The molecule has 1 amide bonds. The van der Waals surface area contributed by atoms with E-state index in [-0.39, 0.29) is 23.8 Å². The van der Waals surface area contributed by atoms with Crippen LogP contribution < -0.4 is 15.0 Å². The molecule has 1 aliphatic heterocycles. The highest BCUT2D eigenvalue weighted by molar-refractivity contribution is 6.05. The summed E-state index contributed by atoms with van der Waals surface area (Å²) in [6.07, 6.45) is 1.25. The van der Waals surface area contributed by atoms with Crippen LogP contribution in [0.1, 0.15) is 10.4 Å². The zero-order valence-electron chi connectivity index (χ0n) is 16.6. The minimum atomic E-state index is -4.79. The number of pyridine rings is 1. The van der Waals surface area contributed by atoms with Crippen LogP contribution in [0, 0.1) is 5.92 Å². The van der Waals surface area contributed by atoms with E-state index in [1.807, 2.05) is 4.90 Å². The standard InChI is InChI=1S/C21H18F3N5O3/c22-21(23,24)32-17-3-1-16(2-4-17)28-20(31)14-5-18(15-6-25-12-26-7-15)19(27-8-14)29-9-13(10-29)11-30/h1-8,12-13,30H,9-11H2,(H,28,31). The topological polar surface area (TPSA) is 100 Å².